The van der Waals surface area contributed by atoms with Crippen LogP contribution in [0.2, 0.25) is 0 Å². The Kier molecular flexibility index (Phi) is 4.73. The molecule has 0 bridgehead atoms. The maximum Gasteiger partial charge on any atom is 0.156 e. The zero-order chi connectivity index (χ0) is 14.7. The fraction of sp³-hybridized carbons (Fsp3) is 0.333. The van der Waals surface area contributed by atoms with Gasteiger partial charge in [0.25, 0.3) is 0 Å². The molecule has 1 heterocycles. The molecule has 0 aliphatic rings. The second-order valence-electron chi connectivity index (χ2n) is 4.90. The van der Waals surface area contributed by atoms with Crippen LogP contribution in [-0.4, -0.2) is 17.2 Å². The Morgan fingerprint density at radius 2 is 1.80 bits per heavy atom. The van der Waals surface area contributed by atoms with E-state index in [1.54, 1.807) is 0 Å². The lowest BCUT2D eigenvalue weighted by Crippen LogP contribution is -2.22. The molecule has 106 valence electrons. The van der Waals surface area contributed by atoms with Gasteiger partial charge in [-0.2, -0.15) is 5.10 Å². The van der Waals surface area contributed by atoms with Crippen LogP contribution in [0.3, 0.4) is 0 Å². The Balaban J connectivity index is 2.27. The minimum atomic E-state index is 0.474. The average molecular weight is 335 g/mol. The molecule has 0 saturated heterocycles. The zero-order valence-corrected chi connectivity index (χ0v) is 13.6. The van der Waals surface area contributed by atoms with Crippen LogP contribution in [0.1, 0.15) is 22.4 Å². The van der Waals surface area contributed by atoms with E-state index in [0.29, 0.717) is 6.54 Å². The molecule has 0 aliphatic carbocycles. The highest BCUT2D eigenvalue weighted by Crippen LogP contribution is 2.22. The van der Waals surface area contributed by atoms with Gasteiger partial charge in [0.15, 0.2) is 5.82 Å². The minimum Gasteiger partial charge on any atom is -0.354 e. The van der Waals surface area contributed by atoms with E-state index in [9.17, 15) is 0 Å². The molecule has 5 heteroatoms. The van der Waals surface area contributed by atoms with Gasteiger partial charge in [0, 0.05) is 30.2 Å². The first-order valence-corrected chi connectivity index (χ1v) is 7.30. The summed E-state index contributed by atoms with van der Waals surface area (Å²) >= 11 is 3.44. The smallest absolute Gasteiger partial charge is 0.156 e. The molecular weight excluding hydrogens is 316 g/mol. The van der Waals surface area contributed by atoms with Gasteiger partial charge < -0.3 is 10.6 Å². The average Bonchev–Trinajstić information content (AvgIpc) is 2.44. The number of rotatable bonds is 4. The summed E-state index contributed by atoms with van der Waals surface area (Å²) < 4.78 is 1.08. The highest BCUT2D eigenvalue weighted by molar-refractivity contribution is 9.10. The predicted octanol–water partition coefficient (Wildman–Crippen LogP) is 2.95. The number of nitrogens with zero attached hydrogens (tertiary/aromatic N) is 3. The van der Waals surface area contributed by atoms with Crippen molar-refractivity contribution in [3.63, 3.8) is 0 Å². The number of halogens is 1. The summed E-state index contributed by atoms with van der Waals surface area (Å²) in [5, 5.41) is 8.52. The van der Waals surface area contributed by atoms with Crippen molar-refractivity contribution in [1.29, 1.82) is 0 Å². The summed E-state index contributed by atoms with van der Waals surface area (Å²) in [6, 6.07) is 8.27. The Bertz CT molecular complexity index is 596. The molecule has 0 unspecified atom stereocenters. The molecular formula is C15H19BrN4. The van der Waals surface area contributed by atoms with E-state index in [2.05, 4.69) is 43.2 Å². The number of hydrogen-bond acceptors (Lipinski definition) is 4. The normalized spacial score (nSPS) is 10.7. The molecule has 0 radical (unpaired) electrons. The molecule has 2 aromatic rings. The number of aryl methyl sites for hydroxylation is 1. The van der Waals surface area contributed by atoms with E-state index in [-0.39, 0.29) is 0 Å². The molecule has 1 aromatic heterocycles. The summed E-state index contributed by atoms with van der Waals surface area (Å²) in [5.41, 5.74) is 10.2. The number of anilines is 1. The molecule has 0 atom stereocenters. The molecule has 2 N–H and O–H groups in total. The topological polar surface area (TPSA) is 55.0 Å². The summed E-state index contributed by atoms with van der Waals surface area (Å²) in [6.07, 6.45) is 0. The van der Waals surface area contributed by atoms with Gasteiger partial charge in [-0.15, -0.1) is 5.10 Å². The summed E-state index contributed by atoms with van der Waals surface area (Å²) in [5.74, 6) is 0.860. The van der Waals surface area contributed by atoms with E-state index in [1.165, 1.54) is 5.56 Å². The van der Waals surface area contributed by atoms with Crippen LogP contribution in [-0.2, 0) is 13.1 Å². The number of nitrogens with two attached hydrogens (primary N) is 1. The maximum absolute atomic E-state index is 5.87. The van der Waals surface area contributed by atoms with Crippen LogP contribution in [0.5, 0.6) is 0 Å². The van der Waals surface area contributed by atoms with E-state index in [0.717, 1.165) is 33.7 Å². The lowest BCUT2D eigenvalue weighted by atomic mass is 10.1. The van der Waals surface area contributed by atoms with Gasteiger partial charge in [0.1, 0.15) is 0 Å². The van der Waals surface area contributed by atoms with Gasteiger partial charge in [-0.3, -0.25) is 0 Å². The molecule has 0 aliphatic heterocycles. The Hall–Kier alpha value is -1.46. The third kappa shape index (κ3) is 3.16. The van der Waals surface area contributed by atoms with Gasteiger partial charge in [0.05, 0.1) is 5.69 Å². The largest absolute Gasteiger partial charge is 0.354 e. The fourth-order valence-corrected chi connectivity index (χ4v) is 2.40. The summed E-state index contributed by atoms with van der Waals surface area (Å²) in [7, 11) is 2.01. The van der Waals surface area contributed by atoms with Crippen LogP contribution in [0.4, 0.5) is 5.82 Å². The van der Waals surface area contributed by atoms with E-state index in [1.807, 2.05) is 33.0 Å². The first kappa shape index (κ1) is 14.9. The molecule has 2 rings (SSSR count). The van der Waals surface area contributed by atoms with Crippen molar-refractivity contribution in [2.75, 3.05) is 11.9 Å². The van der Waals surface area contributed by atoms with Crippen molar-refractivity contribution >= 4 is 21.7 Å². The third-order valence-electron chi connectivity index (χ3n) is 3.46. The van der Waals surface area contributed by atoms with Crippen LogP contribution in [0.15, 0.2) is 28.7 Å². The molecule has 20 heavy (non-hydrogen) atoms. The first-order chi connectivity index (χ1) is 9.52. The van der Waals surface area contributed by atoms with Crippen molar-refractivity contribution in [1.82, 2.24) is 10.2 Å². The highest BCUT2D eigenvalue weighted by Gasteiger charge is 2.13. The van der Waals surface area contributed by atoms with Crippen molar-refractivity contribution in [3.8, 4) is 0 Å². The monoisotopic (exact) mass is 334 g/mol. The Labute approximate surface area is 128 Å². The lowest BCUT2D eigenvalue weighted by molar-refractivity contribution is 0.823. The standard InChI is InChI=1S/C15H19BrN4/c1-10-11(2)18-19-15(14(10)8-17)20(3)9-12-4-6-13(16)7-5-12/h4-7H,8-9,17H2,1-3H3. The molecule has 1 aromatic carbocycles. The van der Waals surface area contributed by atoms with Crippen molar-refractivity contribution < 1.29 is 0 Å². The van der Waals surface area contributed by atoms with Crippen molar-refractivity contribution in [3.05, 3.63) is 51.1 Å². The second kappa shape index (κ2) is 6.33. The SMILES string of the molecule is Cc1nnc(N(C)Cc2ccc(Br)cc2)c(CN)c1C. The second-order valence-corrected chi connectivity index (χ2v) is 5.81. The van der Waals surface area contributed by atoms with Gasteiger partial charge >= 0.3 is 0 Å². The number of benzene rings is 1. The molecule has 0 amide bonds. The van der Waals surface area contributed by atoms with Gasteiger partial charge in [-0.25, -0.2) is 0 Å². The maximum atomic E-state index is 5.87. The van der Waals surface area contributed by atoms with Crippen LogP contribution >= 0.6 is 15.9 Å². The molecule has 4 nitrogen and oxygen atoms in total. The quantitative estimate of drug-likeness (QED) is 0.933. The van der Waals surface area contributed by atoms with Gasteiger partial charge in [0.2, 0.25) is 0 Å². The number of aromatic nitrogens is 2. The van der Waals surface area contributed by atoms with Crippen LogP contribution in [0.25, 0.3) is 0 Å². The zero-order valence-electron chi connectivity index (χ0n) is 12.0. The van der Waals surface area contributed by atoms with Crippen molar-refractivity contribution in [2.45, 2.75) is 26.9 Å². The summed E-state index contributed by atoms with van der Waals surface area (Å²) in [6.45, 7) is 5.25. The molecule has 0 spiro atoms. The van der Waals surface area contributed by atoms with Crippen LogP contribution < -0.4 is 10.6 Å². The third-order valence-corrected chi connectivity index (χ3v) is 3.99. The Morgan fingerprint density at radius 1 is 1.15 bits per heavy atom. The van der Waals surface area contributed by atoms with E-state index < -0.39 is 0 Å². The number of hydrogen-bond donors (Lipinski definition) is 1. The minimum absolute atomic E-state index is 0.474. The van der Waals surface area contributed by atoms with Crippen LogP contribution in [0, 0.1) is 13.8 Å². The fourth-order valence-electron chi connectivity index (χ4n) is 2.13. The first-order valence-electron chi connectivity index (χ1n) is 6.51. The summed E-state index contributed by atoms with van der Waals surface area (Å²) in [4.78, 5) is 2.09. The highest BCUT2D eigenvalue weighted by atomic mass is 79.9. The van der Waals surface area contributed by atoms with Gasteiger partial charge in [-0.1, -0.05) is 28.1 Å². The van der Waals surface area contributed by atoms with E-state index in [4.69, 9.17) is 5.73 Å². The predicted molar refractivity (Wildman–Crippen MR) is 85.6 cm³/mol. The molecule has 0 fully saturated rings. The van der Waals surface area contributed by atoms with E-state index >= 15 is 0 Å². The van der Waals surface area contributed by atoms with Crippen molar-refractivity contribution in [2.24, 2.45) is 5.73 Å². The van der Waals surface area contributed by atoms with Gasteiger partial charge in [-0.05, 0) is 37.1 Å². The molecule has 0 saturated carbocycles. The Morgan fingerprint density at radius 3 is 2.40 bits per heavy atom. The lowest BCUT2D eigenvalue weighted by Gasteiger charge is -2.22.